The molecule has 0 fully saturated rings. The van der Waals surface area contributed by atoms with Crippen molar-refractivity contribution >= 4 is 23.8 Å². The molecule has 1 aromatic heterocycles. The van der Waals surface area contributed by atoms with E-state index in [1.54, 1.807) is 7.05 Å². The molecule has 2 aromatic rings. The second kappa shape index (κ2) is 6.89. The van der Waals surface area contributed by atoms with Gasteiger partial charge < -0.3 is 14.8 Å². The third-order valence-corrected chi connectivity index (χ3v) is 4.20. The van der Waals surface area contributed by atoms with Gasteiger partial charge in [0.05, 0.1) is 11.3 Å². The maximum atomic E-state index is 12.0. The lowest BCUT2D eigenvalue weighted by molar-refractivity contribution is 0.0963. The van der Waals surface area contributed by atoms with Gasteiger partial charge in [-0.05, 0) is 43.8 Å². The number of hydrogen-bond donors (Lipinski definition) is 1. The van der Waals surface area contributed by atoms with Crippen molar-refractivity contribution in [1.29, 1.82) is 0 Å². The van der Waals surface area contributed by atoms with Crippen molar-refractivity contribution in [1.82, 2.24) is 14.8 Å². The van der Waals surface area contributed by atoms with Gasteiger partial charge in [-0.15, -0.1) is 0 Å². The minimum Gasteiger partial charge on any atom is -0.355 e. The summed E-state index contributed by atoms with van der Waals surface area (Å²) >= 11 is 0. The standard InChI is InChI=1S/C20H23N3O/c1-21-20(24)16-13-19-18(9-6-11-22(2)3)17-8-5-4-7-15(17)10-12-23(19)14-16/h4-5,7-10,12-14H,6,11H2,1-3H3,(H,21,24). The molecule has 0 saturated heterocycles. The molecule has 3 rings (SSSR count). The monoisotopic (exact) mass is 321 g/mol. The number of nitrogens with one attached hydrogen (secondary N) is 1. The minimum atomic E-state index is -0.0649. The van der Waals surface area contributed by atoms with Gasteiger partial charge in [-0.1, -0.05) is 30.3 Å². The van der Waals surface area contributed by atoms with E-state index in [4.69, 9.17) is 0 Å². The summed E-state index contributed by atoms with van der Waals surface area (Å²) < 4.78 is 2.03. The molecule has 0 radical (unpaired) electrons. The van der Waals surface area contributed by atoms with E-state index in [-0.39, 0.29) is 5.91 Å². The fourth-order valence-corrected chi connectivity index (χ4v) is 2.95. The first-order chi connectivity index (χ1) is 11.6. The van der Waals surface area contributed by atoms with Crippen molar-refractivity contribution in [3.8, 4) is 0 Å². The zero-order valence-corrected chi connectivity index (χ0v) is 14.4. The van der Waals surface area contributed by atoms with Crippen LogP contribution in [-0.4, -0.2) is 43.1 Å². The Kier molecular flexibility index (Phi) is 4.67. The summed E-state index contributed by atoms with van der Waals surface area (Å²) in [6, 6.07) is 10.3. The van der Waals surface area contributed by atoms with Gasteiger partial charge in [0.2, 0.25) is 0 Å². The van der Waals surface area contributed by atoms with Crippen LogP contribution in [0.4, 0.5) is 0 Å². The summed E-state index contributed by atoms with van der Waals surface area (Å²) in [6.07, 6.45) is 9.23. The van der Waals surface area contributed by atoms with Crippen molar-refractivity contribution in [2.24, 2.45) is 0 Å². The number of amides is 1. The smallest absolute Gasteiger partial charge is 0.252 e. The predicted octanol–water partition coefficient (Wildman–Crippen LogP) is 3.17. The lowest BCUT2D eigenvalue weighted by Crippen LogP contribution is -2.16. The lowest BCUT2D eigenvalue weighted by atomic mass is 9.96. The van der Waals surface area contributed by atoms with E-state index < -0.39 is 0 Å². The third-order valence-electron chi connectivity index (χ3n) is 4.20. The Labute approximate surface area is 143 Å². The number of carbonyl (C=O) groups is 1. The van der Waals surface area contributed by atoms with Gasteiger partial charge in [-0.3, -0.25) is 4.79 Å². The molecule has 24 heavy (non-hydrogen) atoms. The Morgan fingerprint density at radius 2 is 2.08 bits per heavy atom. The highest BCUT2D eigenvalue weighted by atomic mass is 16.1. The van der Waals surface area contributed by atoms with Crippen molar-refractivity contribution < 1.29 is 4.79 Å². The molecule has 0 unspecified atom stereocenters. The number of carbonyl (C=O) groups excluding carboxylic acids is 1. The van der Waals surface area contributed by atoms with Crippen LogP contribution in [0, 0.1) is 0 Å². The minimum absolute atomic E-state index is 0.0649. The Morgan fingerprint density at radius 1 is 1.29 bits per heavy atom. The summed E-state index contributed by atoms with van der Waals surface area (Å²) in [5, 5.41) is 2.70. The fourth-order valence-electron chi connectivity index (χ4n) is 2.95. The van der Waals surface area contributed by atoms with E-state index in [0.29, 0.717) is 5.56 Å². The Balaban J connectivity index is 2.10. The van der Waals surface area contributed by atoms with E-state index in [1.165, 1.54) is 16.7 Å². The molecule has 1 N–H and O–H groups in total. The first-order valence-electron chi connectivity index (χ1n) is 8.17. The zero-order valence-electron chi connectivity index (χ0n) is 14.4. The van der Waals surface area contributed by atoms with Gasteiger partial charge >= 0.3 is 0 Å². The molecule has 1 aromatic carbocycles. The van der Waals surface area contributed by atoms with Gasteiger partial charge in [0.25, 0.3) is 5.91 Å². The molecule has 0 saturated carbocycles. The lowest BCUT2D eigenvalue weighted by Gasteiger charge is -2.12. The Morgan fingerprint density at radius 3 is 2.83 bits per heavy atom. The molecule has 0 bridgehead atoms. The van der Waals surface area contributed by atoms with Crippen LogP contribution in [0.5, 0.6) is 0 Å². The molecule has 4 heteroatoms. The van der Waals surface area contributed by atoms with Crippen LogP contribution >= 0.6 is 0 Å². The first kappa shape index (κ1) is 16.3. The quantitative estimate of drug-likeness (QED) is 0.801. The van der Waals surface area contributed by atoms with Crippen molar-refractivity contribution in [3.05, 3.63) is 65.0 Å². The van der Waals surface area contributed by atoms with E-state index in [9.17, 15) is 4.79 Å². The maximum Gasteiger partial charge on any atom is 0.252 e. The summed E-state index contributed by atoms with van der Waals surface area (Å²) in [7, 11) is 5.81. The number of rotatable bonds is 4. The van der Waals surface area contributed by atoms with E-state index in [1.807, 2.05) is 23.0 Å². The molecule has 0 atom stereocenters. The summed E-state index contributed by atoms with van der Waals surface area (Å²) in [6.45, 7) is 0.988. The second-order valence-corrected chi connectivity index (χ2v) is 6.21. The normalized spacial score (nSPS) is 14.4. The molecule has 2 heterocycles. The van der Waals surface area contributed by atoms with Crippen molar-refractivity contribution in [2.75, 3.05) is 27.7 Å². The number of fused-ring (bicyclic) bond motifs is 2. The molecule has 1 aliphatic rings. The highest BCUT2D eigenvalue weighted by Crippen LogP contribution is 2.32. The van der Waals surface area contributed by atoms with E-state index in [2.05, 4.69) is 60.7 Å². The number of aromatic nitrogens is 1. The van der Waals surface area contributed by atoms with Gasteiger partial charge in [0, 0.05) is 31.6 Å². The van der Waals surface area contributed by atoms with Crippen molar-refractivity contribution in [2.45, 2.75) is 6.42 Å². The average Bonchev–Trinajstić information content (AvgIpc) is 2.94. The SMILES string of the molecule is CNC(=O)c1cc2n(c1)C=Cc1ccccc1C2=CCCN(C)C. The van der Waals surface area contributed by atoms with Crippen LogP contribution in [0.25, 0.3) is 17.8 Å². The molecule has 1 aliphatic heterocycles. The molecular formula is C20H23N3O. The van der Waals surface area contributed by atoms with Crippen LogP contribution in [0.1, 0.15) is 33.6 Å². The summed E-state index contributed by atoms with van der Waals surface area (Å²) in [5.41, 5.74) is 5.29. The molecular weight excluding hydrogens is 298 g/mol. The van der Waals surface area contributed by atoms with Crippen LogP contribution in [-0.2, 0) is 0 Å². The van der Waals surface area contributed by atoms with Crippen LogP contribution in [0.3, 0.4) is 0 Å². The average molecular weight is 321 g/mol. The highest BCUT2D eigenvalue weighted by molar-refractivity contribution is 5.97. The largest absolute Gasteiger partial charge is 0.355 e. The number of nitrogens with zero attached hydrogens (tertiary/aromatic N) is 2. The topological polar surface area (TPSA) is 37.3 Å². The maximum absolute atomic E-state index is 12.0. The first-order valence-corrected chi connectivity index (χ1v) is 8.17. The van der Waals surface area contributed by atoms with Crippen LogP contribution in [0.15, 0.2) is 42.6 Å². The van der Waals surface area contributed by atoms with Crippen molar-refractivity contribution in [3.63, 3.8) is 0 Å². The Hall–Kier alpha value is -2.59. The van der Waals surface area contributed by atoms with E-state index in [0.717, 1.165) is 18.7 Å². The van der Waals surface area contributed by atoms with Gasteiger partial charge in [-0.25, -0.2) is 0 Å². The highest BCUT2D eigenvalue weighted by Gasteiger charge is 2.18. The zero-order chi connectivity index (χ0) is 17.1. The Bertz CT molecular complexity index is 812. The molecule has 0 aliphatic carbocycles. The van der Waals surface area contributed by atoms with Gasteiger partial charge in [0.1, 0.15) is 0 Å². The van der Waals surface area contributed by atoms with Gasteiger partial charge in [0.15, 0.2) is 0 Å². The second-order valence-electron chi connectivity index (χ2n) is 6.21. The number of hydrogen-bond acceptors (Lipinski definition) is 2. The molecule has 0 spiro atoms. The van der Waals surface area contributed by atoms with E-state index >= 15 is 0 Å². The third kappa shape index (κ3) is 3.19. The van der Waals surface area contributed by atoms with Crippen LogP contribution in [0.2, 0.25) is 0 Å². The molecule has 1 amide bonds. The number of benzene rings is 1. The molecule has 4 nitrogen and oxygen atoms in total. The molecule has 124 valence electrons. The fraction of sp³-hybridized carbons (Fsp3) is 0.250. The summed E-state index contributed by atoms with van der Waals surface area (Å²) in [4.78, 5) is 14.2. The summed E-state index contributed by atoms with van der Waals surface area (Å²) in [5.74, 6) is -0.0649. The van der Waals surface area contributed by atoms with Gasteiger partial charge in [-0.2, -0.15) is 0 Å². The predicted molar refractivity (Wildman–Crippen MR) is 99.7 cm³/mol. The van der Waals surface area contributed by atoms with Crippen LogP contribution < -0.4 is 5.32 Å².